The van der Waals surface area contributed by atoms with E-state index in [1.165, 1.54) is 5.56 Å². The van der Waals surface area contributed by atoms with Gasteiger partial charge in [0.2, 0.25) is 0 Å². The van der Waals surface area contributed by atoms with E-state index in [0.717, 1.165) is 37.6 Å². The fourth-order valence-corrected chi connectivity index (χ4v) is 2.07. The normalized spacial score (nSPS) is 12.5. The molecule has 0 aliphatic heterocycles. The summed E-state index contributed by atoms with van der Waals surface area (Å²) in [5.74, 6) is 2.24. The smallest absolute Gasteiger partial charge is 0.125 e. The summed E-state index contributed by atoms with van der Waals surface area (Å²) in [6, 6.07) is 5.97. The summed E-state index contributed by atoms with van der Waals surface area (Å²) >= 11 is 0. The van der Waals surface area contributed by atoms with Crippen LogP contribution in [0.25, 0.3) is 0 Å². The summed E-state index contributed by atoms with van der Waals surface area (Å²) in [6.45, 7) is 4.92. The molecule has 0 aliphatic carbocycles. The number of likely N-dealkylation sites (N-methyl/N-ethyl adjacent to an activating group) is 1. The Hall–Kier alpha value is -1.26. The number of benzene rings is 1. The van der Waals surface area contributed by atoms with Crippen molar-refractivity contribution >= 4 is 0 Å². The molecular formula is C15H26N2O2. The number of nitrogens with two attached hydrogens (primary N) is 1. The van der Waals surface area contributed by atoms with Crippen LogP contribution < -0.4 is 15.2 Å². The summed E-state index contributed by atoms with van der Waals surface area (Å²) in [7, 11) is 5.48. The number of nitrogens with zero attached hydrogens (tertiary/aromatic N) is 1. The Bertz CT molecular complexity index is 382. The van der Waals surface area contributed by atoms with Gasteiger partial charge in [-0.15, -0.1) is 0 Å². The third-order valence-electron chi connectivity index (χ3n) is 3.28. The monoisotopic (exact) mass is 266 g/mol. The van der Waals surface area contributed by atoms with Crippen LogP contribution in [0.1, 0.15) is 12.5 Å². The van der Waals surface area contributed by atoms with Gasteiger partial charge in [0, 0.05) is 19.2 Å². The maximum atomic E-state index is 5.64. The lowest BCUT2D eigenvalue weighted by atomic mass is 10.1. The summed E-state index contributed by atoms with van der Waals surface area (Å²) in [5.41, 5.74) is 6.85. The summed E-state index contributed by atoms with van der Waals surface area (Å²) in [4.78, 5) is 2.31. The van der Waals surface area contributed by atoms with Gasteiger partial charge in [-0.1, -0.05) is 13.0 Å². The van der Waals surface area contributed by atoms with Gasteiger partial charge in [0.1, 0.15) is 11.5 Å². The van der Waals surface area contributed by atoms with Gasteiger partial charge in [-0.25, -0.2) is 0 Å². The largest absolute Gasteiger partial charge is 0.497 e. The lowest BCUT2D eigenvalue weighted by Crippen LogP contribution is -2.30. The van der Waals surface area contributed by atoms with Crippen LogP contribution in [-0.4, -0.2) is 45.8 Å². The van der Waals surface area contributed by atoms with Crippen molar-refractivity contribution in [2.75, 3.05) is 40.9 Å². The second-order valence-corrected chi connectivity index (χ2v) is 5.03. The van der Waals surface area contributed by atoms with Gasteiger partial charge < -0.3 is 20.1 Å². The molecule has 1 aromatic carbocycles. The molecule has 1 rings (SSSR count). The van der Waals surface area contributed by atoms with Crippen molar-refractivity contribution in [3.05, 3.63) is 23.8 Å². The molecule has 1 aromatic rings. The summed E-state index contributed by atoms with van der Waals surface area (Å²) < 4.78 is 10.6. The van der Waals surface area contributed by atoms with Crippen LogP contribution in [0, 0.1) is 5.92 Å². The first kappa shape index (κ1) is 15.8. The van der Waals surface area contributed by atoms with Gasteiger partial charge in [-0.05, 0) is 37.6 Å². The number of hydrogen-bond donors (Lipinski definition) is 1. The average Bonchev–Trinajstić information content (AvgIpc) is 2.44. The van der Waals surface area contributed by atoms with Gasteiger partial charge in [-0.2, -0.15) is 0 Å². The molecule has 0 aromatic heterocycles. The lowest BCUT2D eigenvalue weighted by Gasteiger charge is -2.20. The van der Waals surface area contributed by atoms with Crippen molar-refractivity contribution in [3.63, 3.8) is 0 Å². The van der Waals surface area contributed by atoms with Crippen LogP contribution in [0.3, 0.4) is 0 Å². The number of rotatable bonds is 8. The maximum Gasteiger partial charge on any atom is 0.125 e. The number of ether oxygens (including phenoxy) is 2. The molecule has 0 aliphatic rings. The predicted molar refractivity (Wildman–Crippen MR) is 79.0 cm³/mol. The second kappa shape index (κ2) is 8.02. The summed E-state index contributed by atoms with van der Waals surface area (Å²) in [6.07, 6.45) is 0.959. The van der Waals surface area contributed by atoms with Crippen LogP contribution in [0.2, 0.25) is 0 Å². The van der Waals surface area contributed by atoms with Crippen LogP contribution in [0.15, 0.2) is 18.2 Å². The Morgan fingerprint density at radius 1 is 1.26 bits per heavy atom. The molecular weight excluding hydrogens is 240 g/mol. The molecule has 0 saturated carbocycles. The van der Waals surface area contributed by atoms with Crippen molar-refractivity contribution in [1.29, 1.82) is 0 Å². The van der Waals surface area contributed by atoms with E-state index in [2.05, 4.69) is 24.9 Å². The molecule has 19 heavy (non-hydrogen) atoms. The molecule has 4 heteroatoms. The fraction of sp³-hybridized carbons (Fsp3) is 0.600. The molecule has 0 amide bonds. The number of hydrogen-bond acceptors (Lipinski definition) is 4. The van der Waals surface area contributed by atoms with E-state index in [-0.39, 0.29) is 0 Å². The zero-order valence-corrected chi connectivity index (χ0v) is 12.5. The summed E-state index contributed by atoms with van der Waals surface area (Å²) in [5, 5.41) is 0. The van der Waals surface area contributed by atoms with E-state index in [1.54, 1.807) is 14.2 Å². The molecule has 0 heterocycles. The standard InChI is InChI=1S/C15H26N2O2/c1-12(10-16)11-17(2)8-7-13-5-6-14(18-3)9-15(13)19-4/h5-6,9,12H,7-8,10-11,16H2,1-4H3. The zero-order chi connectivity index (χ0) is 14.3. The van der Waals surface area contributed by atoms with Crippen LogP contribution >= 0.6 is 0 Å². The highest BCUT2D eigenvalue weighted by Crippen LogP contribution is 2.24. The van der Waals surface area contributed by atoms with E-state index in [4.69, 9.17) is 15.2 Å². The Morgan fingerprint density at radius 3 is 2.58 bits per heavy atom. The molecule has 1 atom stereocenters. The van der Waals surface area contributed by atoms with Gasteiger partial charge in [-0.3, -0.25) is 0 Å². The lowest BCUT2D eigenvalue weighted by molar-refractivity contribution is 0.290. The van der Waals surface area contributed by atoms with E-state index in [0.29, 0.717) is 5.92 Å². The van der Waals surface area contributed by atoms with Gasteiger partial charge in [0.05, 0.1) is 14.2 Å². The van der Waals surface area contributed by atoms with Crippen LogP contribution in [-0.2, 0) is 6.42 Å². The highest BCUT2D eigenvalue weighted by atomic mass is 16.5. The second-order valence-electron chi connectivity index (χ2n) is 5.03. The van der Waals surface area contributed by atoms with Gasteiger partial charge >= 0.3 is 0 Å². The van der Waals surface area contributed by atoms with Crippen molar-refractivity contribution in [3.8, 4) is 11.5 Å². The molecule has 4 nitrogen and oxygen atoms in total. The predicted octanol–water partition coefficient (Wildman–Crippen LogP) is 1.77. The van der Waals surface area contributed by atoms with Gasteiger partial charge in [0.25, 0.3) is 0 Å². The minimum absolute atomic E-state index is 0.530. The van der Waals surface area contributed by atoms with Crippen LogP contribution in [0.5, 0.6) is 11.5 Å². The van der Waals surface area contributed by atoms with E-state index >= 15 is 0 Å². The first-order chi connectivity index (χ1) is 9.10. The third kappa shape index (κ3) is 5.09. The highest BCUT2D eigenvalue weighted by Gasteiger charge is 2.08. The maximum absolute atomic E-state index is 5.64. The van der Waals surface area contributed by atoms with Crippen LogP contribution in [0.4, 0.5) is 0 Å². The first-order valence-corrected chi connectivity index (χ1v) is 6.70. The topological polar surface area (TPSA) is 47.7 Å². The first-order valence-electron chi connectivity index (χ1n) is 6.70. The Morgan fingerprint density at radius 2 is 2.00 bits per heavy atom. The average molecular weight is 266 g/mol. The Labute approximate surface area is 116 Å². The van der Waals surface area contributed by atoms with E-state index < -0.39 is 0 Å². The van der Waals surface area contributed by atoms with E-state index in [1.807, 2.05) is 12.1 Å². The zero-order valence-electron chi connectivity index (χ0n) is 12.5. The Balaban J connectivity index is 2.57. The van der Waals surface area contributed by atoms with Crippen molar-refractivity contribution in [2.45, 2.75) is 13.3 Å². The molecule has 0 fully saturated rings. The van der Waals surface area contributed by atoms with Crippen molar-refractivity contribution in [1.82, 2.24) is 4.90 Å². The molecule has 108 valence electrons. The van der Waals surface area contributed by atoms with Gasteiger partial charge in [0.15, 0.2) is 0 Å². The highest BCUT2D eigenvalue weighted by molar-refractivity contribution is 5.40. The van der Waals surface area contributed by atoms with Crippen molar-refractivity contribution < 1.29 is 9.47 Å². The SMILES string of the molecule is COc1ccc(CCN(C)CC(C)CN)c(OC)c1. The number of methoxy groups -OCH3 is 2. The van der Waals surface area contributed by atoms with Crippen molar-refractivity contribution in [2.24, 2.45) is 11.7 Å². The molecule has 1 unspecified atom stereocenters. The quantitative estimate of drug-likeness (QED) is 0.779. The molecule has 0 radical (unpaired) electrons. The fourth-order valence-electron chi connectivity index (χ4n) is 2.07. The molecule has 0 saturated heterocycles. The minimum atomic E-state index is 0.530. The van der Waals surface area contributed by atoms with E-state index in [9.17, 15) is 0 Å². The molecule has 2 N–H and O–H groups in total. The molecule has 0 spiro atoms. The molecule has 0 bridgehead atoms. The Kier molecular flexibility index (Phi) is 6.67. The minimum Gasteiger partial charge on any atom is -0.497 e. The third-order valence-corrected chi connectivity index (χ3v) is 3.28.